The third-order valence-electron chi connectivity index (χ3n) is 3.99. The molecule has 0 unspecified atom stereocenters. The van der Waals surface area contributed by atoms with E-state index in [0.717, 1.165) is 17.8 Å². The van der Waals surface area contributed by atoms with E-state index in [2.05, 4.69) is 23.0 Å². The van der Waals surface area contributed by atoms with E-state index in [4.69, 9.17) is 18.0 Å². The maximum Gasteiger partial charge on any atom is 0.123 e. The number of hydrogen-bond acceptors (Lipinski definition) is 3. The normalized spacial score (nSPS) is 17.4. The van der Waals surface area contributed by atoms with Gasteiger partial charge in [0.25, 0.3) is 0 Å². The zero-order valence-electron chi connectivity index (χ0n) is 11.6. The van der Waals surface area contributed by atoms with Crippen molar-refractivity contribution in [1.29, 1.82) is 0 Å². The molecule has 2 N–H and O–H groups in total. The molecule has 4 heteroatoms. The van der Waals surface area contributed by atoms with Crippen molar-refractivity contribution in [3.63, 3.8) is 0 Å². The highest BCUT2D eigenvalue weighted by Gasteiger charge is 2.18. The van der Waals surface area contributed by atoms with Crippen LogP contribution in [0.15, 0.2) is 18.3 Å². The van der Waals surface area contributed by atoms with Crippen LogP contribution in [0, 0.1) is 0 Å². The number of nitrogens with two attached hydrogens (primary N) is 1. The Morgan fingerprint density at radius 2 is 2.05 bits per heavy atom. The van der Waals surface area contributed by atoms with Gasteiger partial charge in [-0.1, -0.05) is 44.0 Å². The fourth-order valence-electron chi connectivity index (χ4n) is 2.88. The van der Waals surface area contributed by atoms with E-state index >= 15 is 0 Å². The molecule has 2 rings (SSSR count). The highest BCUT2D eigenvalue weighted by molar-refractivity contribution is 7.80. The van der Waals surface area contributed by atoms with Gasteiger partial charge in [0.05, 0.1) is 0 Å². The smallest absolute Gasteiger partial charge is 0.123 e. The lowest BCUT2D eigenvalue weighted by molar-refractivity contribution is 0.213. The predicted octanol–water partition coefficient (Wildman–Crippen LogP) is 2.87. The SMILES string of the molecule is CN(Cc1cccnc1C(N)=S)C1CCCCCC1. The van der Waals surface area contributed by atoms with E-state index < -0.39 is 0 Å². The summed E-state index contributed by atoms with van der Waals surface area (Å²) in [5.41, 5.74) is 7.66. The average molecular weight is 277 g/mol. The van der Waals surface area contributed by atoms with Crippen molar-refractivity contribution in [2.24, 2.45) is 5.73 Å². The van der Waals surface area contributed by atoms with Crippen LogP contribution in [0.4, 0.5) is 0 Å². The van der Waals surface area contributed by atoms with Crippen molar-refractivity contribution in [1.82, 2.24) is 9.88 Å². The Morgan fingerprint density at radius 3 is 2.68 bits per heavy atom. The zero-order chi connectivity index (χ0) is 13.7. The Balaban J connectivity index is 2.05. The fourth-order valence-corrected chi connectivity index (χ4v) is 3.07. The molecule has 0 aromatic carbocycles. The van der Waals surface area contributed by atoms with Crippen LogP contribution in [-0.4, -0.2) is 28.0 Å². The second-order valence-electron chi connectivity index (χ2n) is 5.44. The quantitative estimate of drug-likeness (QED) is 0.679. The Bertz CT molecular complexity index is 425. The topological polar surface area (TPSA) is 42.2 Å². The first kappa shape index (κ1) is 14.4. The summed E-state index contributed by atoms with van der Waals surface area (Å²) in [6.07, 6.45) is 9.83. The molecule has 1 aromatic rings. The first-order valence-corrected chi connectivity index (χ1v) is 7.53. The van der Waals surface area contributed by atoms with E-state index in [1.807, 2.05) is 6.07 Å². The maximum absolute atomic E-state index is 5.74. The maximum atomic E-state index is 5.74. The van der Waals surface area contributed by atoms with Crippen LogP contribution in [0.5, 0.6) is 0 Å². The molecule has 0 spiro atoms. The van der Waals surface area contributed by atoms with Gasteiger partial charge >= 0.3 is 0 Å². The number of hydrogen-bond donors (Lipinski definition) is 1. The summed E-state index contributed by atoms with van der Waals surface area (Å²) in [6, 6.07) is 4.72. The van der Waals surface area contributed by atoms with Gasteiger partial charge in [-0.15, -0.1) is 0 Å². The number of pyridine rings is 1. The lowest BCUT2D eigenvalue weighted by Gasteiger charge is -2.27. The average Bonchev–Trinajstić information content (AvgIpc) is 2.68. The minimum atomic E-state index is 0.393. The molecule has 1 aromatic heterocycles. The molecule has 0 atom stereocenters. The summed E-state index contributed by atoms with van der Waals surface area (Å²) in [7, 11) is 2.20. The molecule has 104 valence electrons. The molecule has 0 saturated heterocycles. The van der Waals surface area contributed by atoms with Gasteiger partial charge < -0.3 is 5.73 Å². The van der Waals surface area contributed by atoms with Crippen LogP contribution in [0.3, 0.4) is 0 Å². The predicted molar refractivity (Wildman–Crippen MR) is 83.1 cm³/mol. The molecule has 0 radical (unpaired) electrons. The van der Waals surface area contributed by atoms with Crippen molar-refractivity contribution in [2.75, 3.05) is 7.05 Å². The van der Waals surface area contributed by atoms with E-state index in [1.54, 1.807) is 6.20 Å². The summed E-state index contributed by atoms with van der Waals surface area (Å²) >= 11 is 5.08. The molecule has 0 amide bonds. The van der Waals surface area contributed by atoms with Crippen LogP contribution < -0.4 is 5.73 Å². The first-order valence-electron chi connectivity index (χ1n) is 7.12. The largest absolute Gasteiger partial charge is 0.388 e. The Labute approximate surface area is 121 Å². The van der Waals surface area contributed by atoms with Gasteiger partial charge in [0.1, 0.15) is 10.7 Å². The third kappa shape index (κ3) is 3.98. The van der Waals surface area contributed by atoms with Gasteiger partial charge in [-0.25, -0.2) is 0 Å². The molecule has 0 bridgehead atoms. The van der Waals surface area contributed by atoms with Crippen molar-refractivity contribution in [3.8, 4) is 0 Å². The Hall–Kier alpha value is -1.00. The second-order valence-corrected chi connectivity index (χ2v) is 5.88. The van der Waals surface area contributed by atoms with Gasteiger partial charge in [0.2, 0.25) is 0 Å². The number of thiocarbonyl (C=S) groups is 1. The van der Waals surface area contributed by atoms with Gasteiger partial charge in [-0.2, -0.15) is 0 Å². The number of nitrogens with zero attached hydrogens (tertiary/aromatic N) is 2. The molecule has 1 aliphatic carbocycles. The van der Waals surface area contributed by atoms with E-state index in [0.29, 0.717) is 11.0 Å². The summed E-state index contributed by atoms with van der Waals surface area (Å²) in [6.45, 7) is 0.880. The van der Waals surface area contributed by atoms with Gasteiger partial charge in [0.15, 0.2) is 0 Å². The molecular weight excluding hydrogens is 254 g/mol. The van der Waals surface area contributed by atoms with Crippen LogP contribution in [0.25, 0.3) is 0 Å². The lowest BCUT2D eigenvalue weighted by atomic mass is 10.1. The molecule has 19 heavy (non-hydrogen) atoms. The summed E-state index contributed by atoms with van der Waals surface area (Å²) in [5, 5.41) is 0. The minimum Gasteiger partial charge on any atom is -0.388 e. The van der Waals surface area contributed by atoms with Crippen LogP contribution >= 0.6 is 12.2 Å². The third-order valence-corrected chi connectivity index (χ3v) is 4.19. The monoisotopic (exact) mass is 277 g/mol. The summed E-state index contributed by atoms with van der Waals surface area (Å²) < 4.78 is 0. The fraction of sp³-hybridized carbons (Fsp3) is 0.600. The van der Waals surface area contributed by atoms with Crippen molar-refractivity contribution in [2.45, 2.75) is 51.1 Å². The van der Waals surface area contributed by atoms with E-state index in [-0.39, 0.29) is 0 Å². The summed E-state index contributed by atoms with van der Waals surface area (Å²) in [5.74, 6) is 0. The molecular formula is C15H23N3S. The molecule has 0 aliphatic heterocycles. The number of rotatable bonds is 4. The lowest BCUT2D eigenvalue weighted by Crippen LogP contribution is -2.31. The molecule has 1 saturated carbocycles. The minimum absolute atomic E-state index is 0.393. The van der Waals surface area contributed by atoms with E-state index in [1.165, 1.54) is 38.5 Å². The van der Waals surface area contributed by atoms with Crippen LogP contribution in [-0.2, 0) is 6.54 Å². The second kappa shape index (κ2) is 6.96. The van der Waals surface area contributed by atoms with Gasteiger partial charge in [0, 0.05) is 18.8 Å². The zero-order valence-corrected chi connectivity index (χ0v) is 12.5. The van der Waals surface area contributed by atoms with Crippen LogP contribution in [0.1, 0.15) is 49.8 Å². The highest BCUT2D eigenvalue weighted by Crippen LogP contribution is 2.22. The standard InChI is InChI=1S/C15H23N3S/c1-18(13-8-4-2-3-5-9-13)11-12-7-6-10-17-14(12)15(16)19/h6-7,10,13H,2-5,8-9,11H2,1H3,(H2,16,19). The molecule has 3 nitrogen and oxygen atoms in total. The number of aromatic nitrogens is 1. The van der Waals surface area contributed by atoms with Gasteiger partial charge in [-0.05, 0) is 31.5 Å². The Morgan fingerprint density at radius 1 is 1.37 bits per heavy atom. The van der Waals surface area contributed by atoms with Gasteiger partial charge in [-0.3, -0.25) is 9.88 Å². The van der Waals surface area contributed by atoms with Crippen molar-refractivity contribution >= 4 is 17.2 Å². The van der Waals surface area contributed by atoms with Crippen molar-refractivity contribution in [3.05, 3.63) is 29.6 Å². The van der Waals surface area contributed by atoms with Crippen LogP contribution in [0.2, 0.25) is 0 Å². The van der Waals surface area contributed by atoms with E-state index in [9.17, 15) is 0 Å². The van der Waals surface area contributed by atoms with Crippen molar-refractivity contribution < 1.29 is 0 Å². The molecule has 1 aliphatic rings. The first-order chi connectivity index (χ1) is 9.18. The molecule has 1 fully saturated rings. The summed E-state index contributed by atoms with van der Waals surface area (Å²) in [4.78, 5) is 7.13. The Kier molecular flexibility index (Phi) is 5.28. The highest BCUT2D eigenvalue weighted by atomic mass is 32.1. The molecule has 1 heterocycles.